The highest BCUT2D eigenvalue weighted by atomic mass is 28.3. The monoisotopic (exact) mass is 254 g/mol. The van der Waals surface area contributed by atoms with Gasteiger partial charge in [-0.25, -0.2) is 0 Å². The van der Waals surface area contributed by atoms with E-state index in [1.54, 1.807) is 0 Å². The summed E-state index contributed by atoms with van der Waals surface area (Å²) in [5, 5.41) is 11.2. The van der Waals surface area contributed by atoms with Crippen LogP contribution >= 0.6 is 0 Å². The molecule has 2 heteroatoms. The third-order valence-corrected chi connectivity index (χ3v) is 5.29. The number of hydrogen-bond acceptors (Lipinski definition) is 1. The number of aliphatic hydroxyl groups excluding tert-OH is 1. The maximum Gasteiger partial charge on any atom is 0.0857 e. The predicted octanol–water partition coefficient (Wildman–Crippen LogP) is 4.69. The molecule has 0 spiro atoms. The molecule has 0 saturated carbocycles. The van der Waals surface area contributed by atoms with Gasteiger partial charge in [0.15, 0.2) is 0 Å². The molecule has 0 rings (SSSR count). The van der Waals surface area contributed by atoms with E-state index in [2.05, 4.69) is 38.9 Å². The number of aliphatic hydroxyl groups is 1. The van der Waals surface area contributed by atoms with Crippen LogP contribution in [0.5, 0.6) is 0 Å². The van der Waals surface area contributed by atoms with E-state index in [1.165, 1.54) is 32.1 Å². The molecule has 0 aliphatic rings. The van der Waals surface area contributed by atoms with Gasteiger partial charge < -0.3 is 5.11 Å². The number of unbranched alkanes of at least 4 members (excludes halogenated alkanes) is 5. The number of rotatable bonds is 9. The topological polar surface area (TPSA) is 20.2 Å². The Bertz CT molecular complexity index is 246. The van der Waals surface area contributed by atoms with E-state index < -0.39 is 8.07 Å². The Labute approximate surface area is 109 Å². The highest BCUT2D eigenvalue weighted by Gasteiger charge is 2.25. The molecule has 1 atom stereocenters. The molecule has 0 amide bonds. The molecule has 0 aliphatic carbocycles. The second-order valence-corrected chi connectivity index (χ2v) is 11.0. The van der Waals surface area contributed by atoms with Crippen LogP contribution in [0.3, 0.4) is 0 Å². The van der Waals surface area contributed by atoms with E-state index in [9.17, 15) is 5.11 Å². The molecular formula is C15H30OSi. The van der Waals surface area contributed by atoms with Gasteiger partial charge in [-0.3, -0.25) is 0 Å². The second-order valence-electron chi connectivity index (χ2n) is 5.91. The van der Waals surface area contributed by atoms with E-state index in [0.29, 0.717) is 0 Å². The van der Waals surface area contributed by atoms with Crippen LogP contribution in [0.15, 0.2) is 17.5 Å². The summed E-state index contributed by atoms with van der Waals surface area (Å²) in [5.74, 6) is 0. The van der Waals surface area contributed by atoms with Gasteiger partial charge in [-0.05, 0) is 11.6 Å². The molecule has 100 valence electrons. The summed E-state index contributed by atoms with van der Waals surface area (Å²) in [4.78, 5) is 0. The summed E-state index contributed by atoms with van der Waals surface area (Å²) in [6.07, 6.45) is 8.23. The second kappa shape index (κ2) is 8.74. The molecule has 0 heterocycles. The van der Waals surface area contributed by atoms with Gasteiger partial charge in [0, 0.05) is 0 Å². The van der Waals surface area contributed by atoms with E-state index in [4.69, 9.17) is 0 Å². The van der Waals surface area contributed by atoms with Crippen molar-refractivity contribution < 1.29 is 5.11 Å². The van der Waals surface area contributed by atoms with Crippen molar-refractivity contribution in [1.29, 1.82) is 0 Å². The molecule has 0 bridgehead atoms. The van der Waals surface area contributed by atoms with Crippen molar-refractivity contribution in [2.75, 3.05) is 0 Å². The number of hydrogen-bond donors (Lipinski definition) is 1. The molecule has 0 aromatic carbocycles. The SMILES string of the molecule is C=C=C(C(O)CCCCCCCC)[Si](C)(C)C. The maximum atomic E-state index is 10.1. The Hall–Kier alpha value is -0.303. The normalized spacial score (nSPS) is 13.2. The van der Waals surface area contributed by atoms with Crippen LogP contribution in [0.4, 0.5) is 0 Å². The van der Waals surface area contributed by atoms with Crippen molar-refractivity contribution in [3.8, 4) is 0 Å². The molecule has 1 nitrogen and oxygen atoms in total. The Morgan fingerprint density at radius 2 is 1.65 bits per heavy atom. The highest BCUT2D eigenvalue weighted by Crippen LogP contribution is 2.21. The summed E-state index contributed by atoms with van der Waals surface area (Å²) >= 11 is 0. The molecule has 1 unspecified atom stereocenters. The Kier molecular flexibility index (Phi) is 8.58. The van der Waals surface area contributed by atoms with Crippen molar-refractivity contribution in [2.24, 2.45) is 0 Å². The summed E-state index contributed by atoms with van der Waals surface area (Å²) < 4.78 is 0. The summed E-state index contributed by atoms with van der Waals surface area (Å²) in [7, 11) is -1.44. The van der Waals surface area contributed by atoms with Gasteiger partial charge in [-0.2, -0.15) is 0 Å². The first-order valence-electron chi connectivity index (χ1n) is 7.02. The van der Waals surface area contributed by atoms with Crippen LogP contribution in [0.2, 0.25) is 19.6 Å². The molecular weight excluding hydrogens is 224 g/mol. The van der Waals surface area contributed by atoms with E-state index in [0.717, 1.165) is 18.0 Å². The lowest BCUT2D eigenvalue weighted by atomic mass is 10.1. The molecule has 1 N–H and O–H groups in total. The van der Waals surface area contributed by atoms with Crippen LogP contribution in [-0.4, -0.2) is 19.3 Å². The van der Waals surface area contributed by atoms with Crippen molar-refractivity contribution in [1.82, 2.24) is 0 Å². The third kappa shape index (κ3) is 7.59. The molecule has 0 saturated heterocycles. The Morgan fingerprint density at radius 3 is 2.12 bits per heavy atom. The lowest BCUT2D eigenvalue weighted by Crippen LogP contribution is -2.31. The average Bonchev–Trinajstić information content (AvgIpc) is 2.22. The first-order valence-corrected chi connectivity index (χ1v) is 10.5. The van der Waals surface area contributed by atoms with E-state index in [1.807, 2.05) is 0 Å². The first-order chi connectivity index (χ1) is 7.93. The lowest BCUT2D eigenvalue weighted by Gasteiger charge is -2.23. The minimum atomic E-state index is -1.44. The minimum absolute atomic E-state index is 0.301. The molecule has 17 heavy (non-hydrogen) atoms. The van der Waals surface area contributed by atoms with Crippen molar-refractivity contribution >= 4 is 8.07 Å². The van der Waals surface area contributed by atoms with Crippen LogP contribution in [0, 0.1) is 0 Å². The van der Waals surface area contributed by atoms with Crippen molar-refractivity contribution in [3.63, 3.8) is 0 Å². The first kappa shape index (κ1) is 16.7. The smallest absolute Gasteiger partial charge is 0.0857 e. The highest BCUT2D eigenvalue weighted by molar-refractivity contribution is 6.83. The fourth-order valence-electron chi connectivity index (χ4n) is 2.15. The zero-order valence-corrected chi connectivity index (χ0v) is 13.2. The molecule has 0 aromatic rings. The van der Waals surface area contributed by atoms with Gasteiger partial charge in [0.05, 0.1) is 14.2 Å². The Balaban J connectivity index is 3.86. The van der Waals surface area contributed by atoms with Crippen molar-refractivity contribution in [2.45, 2.75) is 77.6 Å². The van der Waals surface area contributed by atoms with Crippen molar-refractivity contribution in [3.05, 3.63) is 17.5 Å². The standard InChI is InChI=1S/C15H30OSi/c1-6-8-9-10-11-12-13-14(16)15(7-2)17(3,4)5/h14,16H,2,6,8-13H2,1,3-5H3. The fraction of sp³-hybridized carbons (Fsp3) is 0.800. The average molecular weight is 254 g/mol. The largest absolute Gasteiger partial charge is 0.389 e. The van der Waals surface area contributed by atoms with Gasteiger partial charge in [-0.1, -0.05) is 71.7 Å². The Morgan fingerprint density at radius 1 is 1.12 bits per heavy atom. The van der Waals surface area contributed by atoms with E-state index >= 15 is 0 Å². The van der Waals surface area contributed by atoms with Gasteiger partial charge >= 0.3 is 0 Å². The summed E-state index contributed by atoms with van der Waals surface area (Å²) in [6.45, 7) is 12.7. The quantitative estimate of drug-likeness (QED) is 0.360. The van der Waals surface area contributed by atoms with Gasteiger partial charge in [0.2, 0.25) is 0 Å². The van der Waals surface area contributed by atoms with Crippen LogP contribution in [-0.2, 0) is 0 Å². The summed E-state index contributed by atoms with van der Waals surface area (Å²) in [5.41, 5.74) is 2.98. The zero-order chi connectivity index (χ0) is 13.3. The zero-order valence-electron chi connectivity index (χ0n) is 12.2. The summed E-state index contributed by atoms with van der Waals surface area (Å²) in [6, 6.07) is 0. The van der Waals surface area contributed by atoms with Crippen LogP contribution < -0.4 is 0 Å². The minimum Gasteiger partial charge on any atom is -0.389 e. The third-order valence-electron chi connectivity index (χ3n) is 3.16. The van der Waals surface area contributed by atoms with Gasteiger partial charge in [0.1, 0.15) is 0 Å². The molecule has 0 aromatic heterocycles. The molecule has 0 fully saturated rings. The molecule has 0 aliphatic heterocycles. The van der Waals surface area contributed by atoms with E-state index in [-0.39, 0.29) is 6.10 Å². The van der Waals surface area contributed by atoms with Crippen LogP contribution in [0.25, 0.3) is 0 Å². The lowest BCUT2D eigenvalue weighted by molar-refractivity contribution is 0.202. The molecule has 0 radical (unpaired) electrons. The van der Waals surface area contributed by atoms with Gasteiger partial charge in [0.25, 0.3) is 0 Å². The van der Waals surface area contributed by atoms with Gasteiger partial charge in [-0.15, -0.1) is 5.73 Å². The van der Waals surface area contributed by atoms with Crippen LogP contribution in [0.1, 0.15) is 51.9 Å². The predicted molar refractivity (Wildman–Crippen MR) is 80.0 cm³/mol. The maximum absolute atomic E-state index is 10.1. The fourth-order valence-corrected chi connectivity index (χ4v) is 3.82.